The molecular weight excluding hydrogens is 188 g/mol. The van der Waals surface area contributed by atoms with Crippen LogP contribution in [0.4, 0.5) is 0 Å². The first kappa shape index (κ1) is 11.5. The average molecular weight is 204 g/mol. The van der Waals surface area contributed by atoms with E-state index in [9.17, 15) is 0 Å². The Balaban J connectivity index is 2.78. The zero-order valence-corrected chi connectivity index (χ0v) is 9.21. The van der Waals surface area contributed by atoms with Crippen molar-refractivity contribution in [1.29, 1.82) is 5.26 Å². The zero-order valence-electron chi connectivity index (χ0n) is 9.21. The van der Waals surface area contributed by atoms with Crippen LogP contribution < -0.4 is 10.1 Å². The lowest BCUT2D eigenvalue weighted by Crippen LogP contribution is -2.13. The molecule has 0 unspecified atom stereocenters. The molecule has 1 aromatic carbocycles. The Kier molecular flexibility index (Phi) is 4.65. The molecule has 0 amide bonds. The van der Waals surface area contributed by atoms with E-state index in [0.29, 0.717) is 0 Å². The van der Waals surface area contributed by atoms with Crippen molar-refractivity contribution in [2.45, 2.75) is 20.4 Å². The van der Waals surface area contributed by atoms with Gasteiger partial charge in [0.2, 0.25) is 0 Å². The number of nitrogens with zero attached hydrogens (tertiary/aromatic N) is 1. The topological polar surface area (TPSA) is 45.0 Å². The molecule has 80 valence electrons. The smallest absolute Gasteiger partial charge is 0.174 e. The average Bonchev–Trinajstić information content (AvgIpc) is 2.25. The summed E-state index contributed by atoms with van der Waals surface area (Å²) in [4.78, 5) is 0. The van der Waals surface area contributed by atoms with Gasteiger partial charge in [0.25, 0.3) is 0 Å². The Morgan fingerprint density at radius 1 is 1.47 bits per heavy atom. The van der Waals surface area contributed by atoms with Crippen LogP contribution >= 0.6 is 0 Å². The van der Waals surface area contributed by atoms with Gasteiger partial charge < -0.3 is 10.1 Å². The fraction of sp³-hybridized carbons (Fsp3) is 0.417. The Bertz CT molecular complexity index is 355. The van der Waals surface area contributed by atoms with Crippen molar-refractivity contribution in [2.24, 2.45) is 0 Å². The van der Waals surface area contributed by atoms with E-state index < -0.39 is 0 Å². The van der Waals surface area contributed by atoms with E-state index in [4.69, 9.17) is 10.00 Å². The van der Waals surface area contributed by atoms with Crippen LogP contribution in [-0.2, 0) is 6.54 Å². The summed E-state index contributed by atoms with van der Waals surface area (Å²) in [6.07, 6.45) is 0. The molecule has 0 fully saturated rings. The van der Waals surface area contributed by atoms with Gasteiger partial charge in [-0.3, -0.25) is 0 Å². The van der Waals surface area contributed by atoms with Gasteiger partial charge in [-0.15, -0.1) is 0 Å². The molecule has 0 spiro atoms. The zero-order chi connectivity index (χ0) is 11.1. The van der Waals surface area contributed by atoms with E-state index in [1.54, 1.807) is 0 Å². The van der Waals surface area contributed by atoms with E-state index >= 15 is 0 Å². The number of nitriles is 1. The summed E-state index contributed by atoms with van der Waals surface area (Å²) in [6, 6.07) is 7.95. The summed E-state index contributed by atoms with van der Waals surface area (Å²) in [5, 5.41) is 11.7. The molecule has 0 aliphatic rings. The van der Waals surface area contributed by atoms with Gasteiger partial charge in [-0.1, -0.05) is 24.6 Å². The number of aryl methyl sites for hydroxylation is 1. The Morgan fingerprint density at radius 2 is 2.27 bits per heavy atom. The van der Waals surface area contributed by atoms with Crippen LogP contribution in [0.1, 0.15) is 18.1 Å². The minimum atomic E-state index is 0.0994. The third kappa shape index (κ3) is 3.61. The van der Waals surface area contributed by atoms with Gasteiger partial charge in [0, 0.05) is 12.1 Å². The molecule has 0 atom stereocenters. The summed E-state index contributed by atoms with van der Waals surface area (Å²) < 4.78 is 5.34. The summed E-state index contributed by atoms with van der Waals surface area (Å²) in [5.41, 5.74) is 2.30. The second-order valence-corrected chi connectivity index (χ2v) is 3.34. The predicted molar refractivity (Wildman–Crippen MR) is 59.7 cm³/mol. The van der Waals surface area contributed by atoms with Crippen LogP contribution in [0, 0.1) is 18.3 Å². The summed E-state index contributed by atoms with van der Waals surface area (Å²) in [6.45, 7) is 5.90. The number of benzene rings is 1. The number of nitrogens with one attached hydrogen (secondary N) is 1. The Labute approximate surface area is 90.7 Å². The second kappa shape index (κ2) is 6.05. The first-order valence-corrected chi connectivity index (χ1v) is 5.08. The first-order valence-electron chi connectivity index (χ1n) is 5.08. The number of ether oxygens (including phenoxy) is 1. The minimum Gasteiger partial charge on any atom is -0.478 e. The largest absolute Gasteiger partial charge is 0.478 e. The molecule has 0 bridgehead atoms. The van der Waals surface area contributed by atoms with Crippen molar-refractivity contribution < 1.29 is 4.74 Å². The molecule has 1 N–H and O–H groups in total. The Morgan fingerprint density at radius 3 is 2.93 bits per heavy atom. The van der Waals surface area contributed by atoms with Crippen LogP contribution in [0.3, 0.4) is 0 Å². The van der Waals surface area contributed by atoms with E-state index in [0.717, 1.165) is 24.4 Å². The summed E-state index contributed by atoms with van der Waals surface area (Å²) in [5.74, 6) is 0.795. The van der Waals surface area contributed by atoms with Gasteiger partial charge in [-0.05, 0) is 19.5 Å². The van der Waals surface area contributed by atoms with Crippen LogP contribution in [0.15, 0.2) is 18.2 Å². The highest BCUT2D eigenvalue weighted by atomic mass is 16.5. The highest BCUT2D eigenvalue weighted by molar-refractivity contribution is 5.37. The van der Waals surface area contributed by atoms with Crippen molar-refractivity contribution in [3.05, 3.63) is 29.3 Å². The predicted octanol–water partition coefficient (Wildman–Crippen LogP) is 2.01. The Hall–Kier alpha value is -1.53. The molecule has 0 saturated heterocycles. The maximum Gasteiger partial charge on any atom is 0.174 e. The number of rotatable bonds is 5. The molecule has 0 aromatic heterocycles. The molecule has 0 aliphatic carbocycles. The molecule has 3 heteroatoms. The third-order valence-corrected chi connectivity index (χ3v) is 2.07. The van der Waals surface area contributed by atoms with Crippen LogP contribution in [0.5, 0.6) is 5.75 Å². The fourth-order valence-corrected chi connectivity index (χ4v) is 1.36. The highest BCUT2D eigenvalue weighted by Crippen LogP contribution is 2.19. The van der Waals surface area contributed by atoms with Crippen LogP contribution in [0.25, 0.3) is 0 Å². The minimum absolute atomic E-state index is 0.0994. The van der Waals surface area contributed by atoms with Crippen LogP contribution in [0.2, 0.25) is 0 Å². The van der Waals surface area contributed by atoms with Crippen molar-refractivity contribution in [3.63, 3.8) is 0 Å². The van der Waals surface area contributed by atoms with Gasteiger partial charge in [0.1, 0.15) is 11.8 Å². The lowest BCUT2D eigenvalue weighted by molar-refractivity contribution is 0.362. The molecule has 3 nitrogen and oxygen atoms in total. The first-order chi connectivity index (χ1) is 7.27. The molecule has 1 rings (SSSR count). The fourth-order valence-electron chi connectivity index (χ4n) is 1.36. The molecule has 0 aliphatic heterocycles. The second-order valence-electron chi connectivity index (χ2n) is 3.34. The van der Waals surface area contributed by atoms with E-state index in [2.05, 4.69) is 18.3 Å². The summed E-state index contributed by atoms with van der Waals surface area (Å²) in [7, 11) is 0. The van der Waals surface area contributed by atoms with Crippen LogP contribution in [-0.4, -0.2) is 13.2 Å². The molecule has 0 radical (unpaired) electrons. The quantitative estimate of drug-likeness (QED) is 0.798. The van der Waals surface area contributed by atoms with Gasteiger partial charge in [0.15, 0.2) is 6.61 Å². The lowest BCUT2D eigenvalue weighted by Gasteiger charge is -2.10. The van der Waals surface area contributed by atoms with Crippen molar-refractivity contribution in [3.8, 4) is 11.8 Å². The standard InChI is InChI=1S/C12H16N2O/c1-3-14-9-11-8-10(2)4-5-12(11)15-7-6-13/h4-5,8,14H,3,7,9H2,1-2H3. The van der Waals surface area contributed by atoms with Crippen molar-refractivity contribution in [1.82, 2.24) is 5.32 Å². The molecule has 0 heterocycles. The van der Waals surface area contributed by atoms with Crippen molar-refractivity contribution >= 4 is 0 Å². The van der Waals surface area contributed by atoms with Gasteiger partial charge >= 0.3 is 0 Å². The highest BCUT2D eigenvalue weighted by Gasteiger charge is 2.03. The maximum absolute atomic E-state index is 8.46. The number of hydrogen-bond acceptors (Lipinski definition) is 3. The maximum atomic E-state index is 8.46. The van der Waals surface area contributed by atoms with E-state index in [-0.39, 0.29) is 6.61 Å². The SMILES string of the molecule is CCNCc1cc(C)ccc1OCC#N. The van der Waals surface area contributed by atoms with E-state index in [1.807, 2.05) is 25.1 Å². The third-order valence-electron chi connectivity index (χ3n) is 2.07. The summed E-state index contributed by atoms with van der Waals surface area (Å²) >= 11 is 0. The number of hydrogen-bond donors (Lipinski definition) is 1. The molecular formula is C12H16N2O. The van der Waals surface area contributed by atoms with Crippen molar-refractivity contribution in [2.75, 3.05) is 13.2 Å². The van der Waals surface area contributed by atoms with Gasteiger partial charge in [-0.25, -0.2) is 0 Å². The molecule has 0 saturated carbocycles. The lowest BCUT2D eigenvalue weighted by atomic mass is 10.1. The van der Waals surface area contributed by atoms with E-state index in [1.165, 1.54) is 5.56 Å². The normalized spacial score (nSPS) is 9.67. The molecule has 15 heavy (non-hydrogen) atoms. The molecule has 1 aromatic rings. The monoisotopic (exact) mass is 204 g/mol. The van der Waals surface area contributed by atoms with Gasteiger partial charge in [0.05, 0.1) is 0 Å². The van der Waals surface area contributed by atoms with Gasteiger partial charge in [-0.2, -0.15) is 5.26 Å².